The molecule has 1 aromatic carbocycles. The zero-order chi connectivity index (χ0) is 13.7. The van der Waals surface area contributed by atoms with Crippen LogP contribution in [0.25, 0.3) is 0 Å². The molecule has 0 saturated heterocycles. The van der Waals surface area contributed by atoms with E-state index in [0.717, 1.165) is 5.56 Å². The fourth-order valence-electron chi connectivity index (χ4n) is 1.68. The van der Waals surface area contributed by atoms with E-state index in [9.17, 15) is 9.59 Å². The number of nitrogens with zero attached hydrogens (tertiary/aromatic N) is 2. The lowest BCUT2D eigenvalue weighted by Gasteiger charge is -2.04. The molecule has 2 rings (SSSR count). The monoisotopic (exact) mass is 258 g/mol. The first-order chi connectivity index (χ1) is 9.22. The second-order valence-corrected chi connectivity index (χ2v) is 3.97. The van der Waals surface area contributed by atoms with Crippen molar-refractivity contribution in [2.75, 3.05) is 6.61 Å². The maximum atomic E-state index is 11.5. The van der Waals surface area contributed by atoms with Crippen molar-refractivity contribution in [3.8, 4) is 0 Å². The van der Waals surface area contributed by atoms with Crippen LogP contribution < -0.4 is 0 Å². The number of aldehydes is 1. The Bertz CT molecular complexity index is 573. The summed E-state index contributed by atoms with van der Waals surface area (Å²) in [6, 6.07) is 8.78. The van der Waals surface area contributed by atoms with Gasteiger partial charge in [-0.15, -0.1) is 0 Å². The van der Waals surface area contributed by atoms with E-state index in [4.69, 9.17) is 4.74 Å². The third-order valence-electron chi connectivity index (χ3n) is 2.59. The van der Waals surface area contributed by atoms with Gasteiger partial charge in [-0.1, -0.05) is 12.1 Å². The minimum Gasteiger partial charge on any atom is -0.462 e. The van der Waals surface area contributed by atoms with E-state index in [1.807, 2.05) is 12.1 Å². The quantitative estimate of drug-likeness (QED) is 0.607. The lowest BCUT2D eigenvalue weighted by Crippen LogP contribution is -2.05. The van der Waals surface area contributed by atoms with Crippen molar-refractivity contribution in [3.63, 3.8) is 0 Å². The largest absolute Gasteiger partial charge is 0.462 e. The van der Waals surface area contributed by atoms with Crippen molar-refractivity contribution < 1.29 is 14.3 Å². The molecule has 0 bridgehead atoms. The van der Waals surface area contributed by atoms with Gasteiger partial charge in [0.2, 0.25) is 0 Å². The summed E-state index contributed by atoms with van der Waals surface area (Å²) in [5, 5.41) is 4.07. The molecule has 19 heavy (non-hydrogen) atoms. The Kier molecular flexibility index (Phi) is 4.07. The van der Waals surface area contributed by atoms with Crippen molar-refractivity contribution in [2.24, 2.45) is 0 Å². The van der Waals surface area contributed by atoms with Crippen molar-refractivity contribution in [1.82, 2.24) is 9.78 Å². The molecular formula is C14H14N2O3. The van der Waals surface area contributed by atoms with Crippen LogP contribution in [0.15, 0.2) is 36.5 Å². The van der Waals surface area contributed by atoms with Crippen LogP contribution in [-0.4, -0.2) is 28.6 Å². The summed E-state index contributed by atoms with van der Waals surface area (Å²) >= 11 is 0. The summed E-state index contributed by atoms with van der Waals surface area (Å²) < 4.78 is 6.58. The Morgan fingerprint density at radius 2 is 2.05 bits per heavy atom. The third kappa shape index (κ3) is 3.28. The summed E-state index contributed by atoms with van der Waals surface area (Å²) in [5.41, 5.74) is 1.93. The van der Waals surface area contributed by atoms with Gasteiger partial charge in [0, 0.05) is 6.20 Å². The zero-order valence-corrected chi connectivity index (χ0v) is 10.6. The Hall–Kier alpha value is -2.43. The van der Waals surface area contributed by atoms with E-state index >= 15 is 0 Å². The molecule has 0 fully saturated rings. The van der Waals surface area contributed by atoms with Crippen LogP contribution in [0.4, 0.5) is 0 Å². The number of rotatable bonds is 5. The van der Waals surface area contributed by atoms with E-state index in [2.05, 4.69) is 5.10 Å². The number of ether oxygens (including phenoxy) is 1. The summed E-state index contributed by atoms with van der Waals surface area (Å²) in [6.07, 6.45) is 2.45. The van der Waals surface area contributed by atoms with Crippen molar-refractivity contribution in [2.45, 2.75) is 13.5 Å². The molecule has 0 saturated carbocycles. The molecule has 1 heterocycles. The molecule has 0 radical (unpaired) electrons. The van der Waals surface area contributed by atoms with Crippen LogP contribution in [0.5, 0.6) is 0 Å². The van der Waals surface area contributed by atoms with Gasteiger partial charge in [0.15, 0.2) is 6.29 Å². The van der Waals surface area contributed by atoms with Gasteiger partial charge in [-0.25, -0.2) is 4.79 Å². The van der Waals surface area contributed by atoms with Crippen LogP contribution in [-0.2, 0) is 11.3 Å². The van der Waals surface area contributed by atoms with Gasteiger partial charge < -0.3 is 4.74 Å². The second kappa shape index (κ2) is 5.95. The predicted octanol–water partition coefficient (Wildman–Crippen LogP) is 1.92. The first-order valence-corrected chi connectivity index (χ1v) is 5.97. The van der Waals surface area contributed by atoms with Crippen LogP contribution in [0.2, 0.25) is 0 Å². The fourth-order valence-corrected chi connectivity index (χ4v) is 1.68. The van der Waals surface area contributed by atoms with Crippen LogP contribution in [0, 0.1) is 0 Å². The fraction of sp³-hybridized carbons (Fsp3) is 0.214. The smallest absolute Gasteiger partial charge is 0.338 e. The van der Waals surface area contributed by atoms with Gasteiger partial charge in [-0.2, -0.15) is 5.10 Å². The third-order valence-corrected chi connectivity index (χ3v) is 2.59. The Balaban J connectivity index is 2.06. The Labute approximate surface area is 110 Å². The minimum absolute atomic E-state index is 0.323. The van der Waals surface area contributed by atoms with Crippen molar-refractivity contribution >= 4 is 12.3 Å². The van der Waals surface area contributed by atoms with Gasteiger partial charge in [0.25, 0.3) is 0 Å². The SMILES string of the molecule is CCOC(=O)c1ccc(Cn2ccc(C=O)n2)cc1. The average molecular weight is 258 g/mol. The van der Waals surface area contributed by atoms with Crippen molar-refractivity contribution in [1.29, 1.82) is 0 Å². The van der Waals surface area contributed by atoms with Gasteiger partial charge in [0.05, 0.1) is 18.7 Å². The van der Waals surface area contributed by atoms with Gasteiger partial charge in [-0.05, 0) is 30.7 Å². The number of aromatic nitrogens is 2. The molecule has 2 aromatic rings. The molecule has 1 aromatic heterocycles. The van der Waals surface area contributed by atoms with E-state index in [-0.39, 0.29) is 5.97 Å². The highest BCUT2D eigenvalue weighted by Crippen LogP contribution is 2.08. The molecular weight excluding hydrogens is 244 g/mol. The standard InChI is InChI=1S/C14H14N2O3/c1-2-19-14(18)12-5-3-11(4-6-12)9-16-8-7-13(10-17)15-16/h3-8,10H,2,9H2,1H3. The van der Waals surface area contributed by atoms with Gasteiger partial charge in [0.1, 0.15) is 5.69 Å². The topological polar surface area (TPSA) is 61.2 Å². The van der Waals surface area contributed by atoms with E-state index < -0.39 is 0 Å². The summed E-state index contributed by atoms with van der Waals surface area (Å²) in [5.74, 6) is -0.323. The molecule has 0 aliphatic carbocycles. The van der Waals surface area contributed by atoms with E-state index in [1.165, 1.54) is 0 Å². The van der Waals surface area contributed by atoms with E-state index in [0.29, 0.717) is 30.7 Å². The lowest BCUT2D eigenvalue weighted by molar-refractivity contribution is 0.0526. The molecule has 0 amide bonds. The van der Waals surface area contributed by atoms with Crippen LogP contribution in [0.3, 0.4) is 0 Å². The zero-order valence-electron chi connectivity index (χ0n) is 10.6. The van der Waals surface area contributed by atoms with Gasteiger partial charge in [-0.3, -0.25) is 9.48 Å². The van der Waals surface area contributed by atoms with Gasteiger partial charge >= 0.3 is 5.97 Å². The molecule has 0 unspecified atom stereocenters. The number of hydrogen-bond acceptors (Lipinski definition) is 4. The lowest BCUT2D eigenvalue weighted by atomic mass is 10.1. The number of hydrogen-bond donors (Lipinski definition) is 0. The highest BCUT2D eigenvalue weighted by molar-refractivity contribution is 5.89. The first kappa shape index (κ1) is 13.0. The number of benzene rings is 1. The molecule has 5 heteroatoms. The molecule has 0 aliphatic heterocycles. The molecule has 5 nitrogen and oxygen atoms in total. The van der Waals surface area contributed by atoms with Crippen LogP contribution in [0.1, 0.15) is 33.3 Å². The Morgan fingerprint density at radius 1 is 1.32 bits per heavy atom. The summed E-state index contributed by atoms with van der Waals surface area (Å²) in [7, 11) is 0. The van der Waals surface area contributed by atoms with E-state index in [1.54, 1.807) is 36.0 Å². The molecule has 0 N–H and O–H groups in total. The highest BCUT2D eigenvalue weighted by atomic mass is 16.5. The predicted molar refractivity (Wildman–Crippen MR) is 69.1 cm³/mol. The average Bonchev–Trinajstić information content (AvgIpc) is 2.87. The molecule has 0 atom stereocenters. The van der Waals surface area contributed by atoms with Crippen molar-refractivity contribution in [3.05, 3.63) is 53.3 Å². The molecule has 0 aliphatic rings. The number of carbonyl (C=O) groups is 2. The Morgan fingerprint density at radius 3 is 2.63 bits per heavy atom. The maximum absolute atomic E-state index is 11.5. The minimum atomic E-state index is -0.323. The summed E-state index contributed by atoms with van der Waals surface area (Å²) in [4.78, 5) is 22.0. The normalized spacial score (nSPS) is 10.2. The number of carbonyl (C=O) groups excluding carboxylic acids is 2. The second-order valence-electron chi connectivity index (χ2n) is 3.97. The summed E-state index contributed by atoms with van der Waals surface area (Å²) in [6.45, 7) is 2.69. The number of esters is 1. The van der Waals surface area contributed by atoms with Crippen LogP contribution >= 0.6 is 0 Å². The first-order valence-electron chi connectivity index (χ1n) is 5.97. The molecule has 98 valence electrons. The highest BCUT2D eigenvalue weighted by Gasteiger charge is 2.06. The maximum Gasteiger partial charge on any atom is 0.338 e. The molecule has 0 spiro atoms.